The van der Waals surface area contributed by atoms with Crippen LogP contribution in [0.5, 0.6) is 0 Å². The number of hydrogen-bond donors (Lipinski definition) is 1. The minimum absolute atomic E-state index is 0.165. The van der Waals surface area contributed by atoms with Crippen LogP contribution in [-0.4, -0.2) is 52.8 Å². The number of ether oxygens (including phenoxy) is 1. The molecule has 8 heteroatoms. The van der Waals surface area contributed by atoms with Crippen LogP contribution < -0.4 is 0 Å². The summed E-state index contributed by atoms with van der Waals surface area (Å²) >= 11 is 0. The molecule has 4 heterocycles. The van der Waals surface area contributed by atoms with E-state index in [1.54, 1.807) is 23.1 Å². The fourth-order valence-corrected chi connectivity index (χ4v) is 3.84. The Morgan fingerprint density at radius 1 is 1.19 bits per heavy atom. The maximum absolute atomic E-state index is 12.6. The number of nitrogens with zero attached hydrogens (tertiary/aromatic N) is 2. The van der Waals surface area contributed by atoms with E-state index in [0.29, 0.717) is 37.6 Å². The molecule has 2 fully saturated rings. The lowest BCUT2D eigenvalue weighted by Gasteiger charge is -2.35. The molecule has 8 nitrogen and oxygen atoms in total. The SMILES string of the molecule is O=C(O)C1CCO[C@H]1C1CCN(C(=O)c2cc(-c3ccco3)on2)CC1. The zero-order valence-corrected chi connectivity index (χ0v) is 14.2. The number of aromatic nitrogens is 1. The standard InChI is InChI=1S/C18H20N2O6/c21-17(13-10-15(26-19-13)14-2-1-8-24-14)20-6-3-11(4-7-20)16-12(18(22)23)5-9-25-16/h1-2,8,10-12,16H,3-7,9H2,(H,22,23)/t12?,16-/m0/s1. The third-order valence-corrected chi connectivity index (χ3v) is 5.24. The third-order valence-electron chi connectivity index (χ3n) is 5.24. The predicted octanol–water partition coefficient (Wildman–Crippen LogP) is 2.28. The summed E-state index contributed by atoms with van der Waals surface area (Å²) in [4.78, 5) is 25.7. The molecule has 2 aromatic rings. The second-order valence-electron chi connectivity index (χ2n) is 6.75. The van der Waals surface area contributed by atoms with Gasteiger partial charge in [0.25, 0.3) is 5.91 Å². The molecule has 4 rings (SSSR count). The third kappa shape index (κ3) is 3.12. The molecule has 1 unspecified atom stereocenters. The van der Waals surface area contributed by atoms with E-state index in [0.717, 1.165) is 12.8 Å². The maximum atomic E-state index is 12.6. The molecule has 1 N–H and O–H groups in total. The first-order valence-corrected chi connectivity index (χ1v) is 8.78. The predicted molar refractivity (Wildman–Crippen MR) is 88.3 cm³/mol. The number of aliphatic carboxylic acids is 1. The fourth-order valence-electron chi connectivity index (χ4n) is 3.84. The lowest BCUT2D eigenvalue weighted by atomic mass is 9.84. The molecule has 0 aromatic carbocycles. The van der Waals surface area contributed by atoms with Crippen LogP contribution in [0.2, 0.25) is 0 Å². The fraction of sp³-hybridized carbons (Fsp3) is 0.500. The van der Waals surface area contributed by atoms with Gasteiger partial charge < -0.3 is 23.7 Å². The van der Waals surface area contributed by atoms with Gasteiger partial charge >= 0.3 is 5.97 Å². The topological polar surface area (TPSA) is 106 Å². The van der Waals surface area contributed by atoms with Gasteiger partial charge in [-0.25, -0.2) is 0 Å². The molecule has 2 aliphatic heterocycles. The van der Waals surface area contributed by atoms with Crippen LogP contribution >= 0.6 is 0 Å². The second-order valence-corrected chi connectivity index (χ2v) is 6.75. The van der Waals surface area contributed by atoms with Crippen LogP contribution in [0.25, 0.3) is 11.5 Å². The van der Waals surface area contributed by atoms with Crippen molar-refractivity contribution in [3.63, 3.8) is 0 Å². The molecule has 0 spiro atoms. The minimum Gasteiger partial charge on any atom is -0.481 e. The molecule has 2 aromatic heterocycles. The second kappa shape index (κ2) is 6.95. The van der Waals surface area contributed by atoms with Crippen LogP contribution in [0, 0.1) is 11.8 Å². The molecular formula is C18H20N2O6. The summed E-state index contributed by atoms with van der Waals surface area (Å²) in [6, 6.07) is 5.05. The van der Waals surface area contributed by atoms with E-state index in [1.807, 2.05) is 0 Å². The molecule has 2 atom stereocenters. The average molecular weight is 360 g/mol. The molecule has 1 amide bonds. The van der Waals surface area contributed by atoms with Gasteiger partial charge in [0, 0.05) is 25.8 Å². The van der Waals surface area contributed by atoms with E-state index in [4.69, 9.17) is 13.7 Å². The molecule has 26 heavy (non-hydrogen) atoms. The number of amides is 1. The number of rotatable bonds is 4. The van der Waals surface area contributed by atoms with Crippen molar-refractivity contribution in [2.75, 3.05) is 19.7 Å². The number of furan rings is 1. The van der Waals surface area contributed by atoms with Crippen LogP contribution in [0.1, 0.15) is 29.8 Å². The maximum Gasteiger partial charge on any atom is 0.309 e. The summed E-state index contributed by atoms with van der Waals surface area (Å²) in [5.74, 6) is -0.316. The smallest absolute Gasteiger partial charge is 0.309 e. The summed E-state index contributed by atoms with van der Waals surface area (Å²) in [6.07, 6.45) is 3.29. The molecular weight excluding hydrogens is 340 g/mol. The Morgan fingerprint density at radius 3 is 2.69 bits per heavy atom. The number of carboxylic acids is 1. The van der Waals surface area contributed by atoms with E-state index >= 15 is 0 Å². The van der Waals surface area contributed by atoms with Gasteiger partial charge in [0.2, 0.25) is 5.76 Å². The van der Waals surface area contributed by atoms with Gasteiger partial charge in [-0.1, -0.05) is 5.16 Å². The first-order valence-electron chi connectivity index (χ1n) is 8.78. The lowest BCUT2D eigenvalue weighted by molar-refractivity contribution is -0.145. The molecule has 2 aliphatic rings. The first kappa shape index (κ1) is 16.8. The van der Waals surface area contributed by atoms with Gasteiger partial charge in [0.15, 0.2) is 11.5 Å². The summed E-state index contributed by atoms with van der Waals surface area (Å²) in [5.41, 5.74) is 0.246. The Kier molecular flexibility index (Phi) is 4.50. The van der Waals surface area contributed by atoms with Crippen molar-refractivity contribution in [3.05, 3.63) is 30.2 Å². The van der Waals surface area contributed by atoms with Crippen molar-refractivity contribution in [2.45, 2.75) is 25.4 Å². The van der Waals surface area contributed by atoms with E-state index in [-0.39, 0.29) is 23.6 Å². The van der Waals surface area contributed by atoms with Gasteiger partial charge in [-0.05, 0) is 37.3 Å². The highest BCUT2D eigenvalue weighted by Gasteiger charge is 2.41. The molecule has 0 saturated carbocycles. The molecule has 0 aliphatic carbocycles. The highest BCUT2D eigenvalue weighted by Crippen LogP contribution is 2.33. The largest absolute Gasteiger partial charge is 0.481 e. The Balaban J connectivity index is 1.37. The number of piperidine rings is 1. The van der Waals surface area contributed by atoms with Crippen molar-refractivity contribution in [1.29, 1.82) is 0 Å². The quantitative estimate of drug-likeness (QED) is 0.891. The summed E-state index contributed by atoms with van der Waals surface area (Å²) < 4.78 is 16.1. The van der Waals surface area contributed by atoms with Crippen LogP contribution in [-0.2, 0) is 9.53 Å². The number of carbonyl (C=O) groups is 2. The van der Waals surface area contributed by atoms with Gasteiger partial charge in [-0.15, -0.1) is 0 Å². The molecule has 138 valence electrons. The lowest BCUT2D eigenvalue weighted by Crippen LogP contribution is -2.43. The zero-order chi connectivity index (χ0) is 18.1. The van der Waals surface area contributed by atoms with Gasteiger partial charge in [0.05, 0.1) is 18.3 Å². The van der Waals surface area contributed by atoms with Crippen LogP contribution in [0.3, 0.4) is 0 Å². The Hall–Kier alpha value is -2.61. The number of carboxylic acid groups (broad SMARTS) is 1. The summed E-state index contributed by atoms with van der Waals surface area (Å²) in [5, 5.41) is 13.2. The Bertz CT molecular complexity index is 775. The van der Waals surface area contributed by atoms with Crippen molar-refractivity contribution in [3.8, 4) is 11.5 Å². The summed E-state index contributed by atoms with van der Waals surface area (Å²) in [6.45, 7) is 1.60. The van der Waals surface area contributed by atoms with Crippen molar-refractivity contribution in [2.24, 2.45) is 11.8 Å². The van der Waals surface area contributed by atoms with Gasteiger partial charge in [-0.2, -0.15) is 0 Å². The molecule has 2 saturated heterocycles. The van der Waals surface area contributed by atoms with E-state index < -0.39 is 11.9 Å². The van der Waals surface area contributed by atoms with Gasteiger partial charge in [0.1, 0.15) is 0 Å². The first-order chi connectivity index (χ1) is 12.6. The Labute approximate surface area is 149 Å². The van der Waals surface area contributed by atoms with E-state index in [1.165, 1.54) is 6.26 Å². The van der Waals surface area contributed by atoms with E-state index in [9.17, 15) is 14.7 Å². The molecule has 0 bridgehead atoms. The van der Waals surface area contributed by atoms with Crippen molar-refractivity contribution >= 4 is 11.9 Å². The molecule has 0 radical (unpaired) electrons. The average Bonchev–Trinajstić information content (AvgIpc) is 3.42. The highest BCUT2D eigenvalue weighted by atomic mass is 16.5. The van der Waals surface area contributed by atoms with Gasteiger partial charge in [-0.3, -0.25) is 9.59 Å². The monoisotopic (exact) mass is 360 g/mol. The number of hydrogen-bond acceptors (Lipinski definition) is 6. The van der Waals surface area contributed by atoms with E-state index in [2.05, 4.69) is 5.16 Å². The van der Waals surface area contributed by atoms with Crippen molar-refractivity contribution in [1.82, 2.24) is 10.1 Å². The normalized spacial score (nSPS) is 24.1. The highest BCUT2D eigenvalue weighted by molar-refractivity contribution is 5.93. The number of likely N-dealkylation sites (tertiary alicyclic amines) is 1. The van der Waals surface area contributed by atoms with Crippen molar-refractivity contribution < 1.29 is 28.4 Å². The minimum atomic E-state index is -0.793. The Morgan fingerprint density at radius 2 is 2.00 bits per heavy atom. The van der Waals surface area contributed by atoms with Crippen LogP contribution in [0.4, 0.5) is 0 Å². The summed E-state index contributed by atoms with van der Waals surface area (Å²) in [7, 11) is 0. The number of carbonyl (C=O) groups excluding carboxylic acids is 1. The zero-order valence-electron chi connectivity index (χ0n) is 14.2. The van der Waals surface area contributed by atoms with Crippen LogP contribution in [0.15, 0.2) is 33.4 Å².